The van der Waals surface area contributed by atoms with Crippen LogP contribution < -0.4 is 0 Å². The van der Waals surface area contributed by atoms with Crippen molar-refractivity contribution in [3.05, 3.63) is 35.4 Å². The third kappa shape index (κ3) is 2.23. The van der Waals surface area contributed by atoms with Crippen LogP contribution in [0.5, 0.6) is 0 Å². The molecule has 0 aliphatic heterocycles. The molecule has 3 aliphatic carbocycles. The zero-order chi connectivity index (χ0) is 12.8. The molecule has 4 unspecified atom stereocenters. The number of aliphatic hydroxyl groups excluding tert-OH is 1. The van der Waals surface area contributed by atoms with Gasteiger partial charge in [-0.2, -0.15) is 0 Å². The van der Waals surface area contributed by atoms with Gasteiger partial charge in [-0.1, -0.05) is 30.7 Å². The average molecular weight is 256 g/mol. The molecule has 4 atom stereocenters. The third-order valence-electron chi connectivity index (χ3n) is 5.78. The van der Waals surface area contributed by atoms with Gasteiger partial charge in [-0.3, -0.25) is 0 Å². The lowest BCUT2D eigenvalue weighted by Gasteiger charge is -2.25. The Morgan fingerprint density at radius 3 is 2.58 bits per heavy atom. The SMILES string of the molecule is OC(CC1CC2CCC1C2)c1ccccc1C1CC1. The largest absolute Gasteiger partial charge is 0.388 e. The molecule has 1 heteroatoms. The molecule has 0 heterocycles. The molecule has 102 valence electrons. The van der Waals surface area contributed by atoms with Gasteiger partial charge < -0.3 is 5.11 Å². The van der Waals surface area contributed by atoms with Crippen molar-refractivity contribution in [1.29, 1.82) is 0 Å². The van der Waals surface area contributed by atoms with E-state index in [9.17, 15) is 5.11 Å². The summed E-state index contributed by atoms with van der Waals surface area (Å²) in [7, 11) is 0. The first kappa shape index (κ1) is 12.0. The summed E-state index contributed by atoms with van der Waals surface area (Å²) >= 11 is 0. The quantitative estimate of drug-likeness (QED) is 0.845. The van der Waals surface area contributed by atoms with Crippen LogP contribution in [0.1, 0.15) is 68.1 Å². The number of rotatable bonds is 4. The first-order valence-corrected chi connectivity index (χ1v) is 8.08. The first-order chi connectivity index (χ1) is 9.31. The maximum absolute atomic E-state index is 10.7. The van der Waals surface area contributed by atoms with E-state index in [2.05, 4.69) is 24.3 Å². The third-order valence-corrected chi connectivity index (χ3v) is 5.78. The second kappa shape index (κ2) is 4.63. The zero-order valence-electron chi connectivity index (χ0n) is 11.6. The van der Waals surface area contributed by atoms with Gasteiger partial charge in [0.05, 0.1) is 6.10 Å². The Balaban J connectivity index is 1.49. The van der Waals surface area contributed by atoms with E-state index in [1.807, 2.05) is 0 Å². The van der Waals surface area contributed by atoms with E-state index in [0.29, 0.717) is 0 Å². The normalized spacial score (nSPS) is 34.7. The molecule has 1 nitrogen and oxygen atoms in total. The predicted molar refractivity (Wildman–Crippen MR) is 76.9 cm³/mol. The van der Waals surface area contributed by atoms with Crippen LogP contribution in [0.3, 0.4) is 0 Å². The molecule has 1 aromatic carbocycles. The first-order valence-electron chi connectivity index (χ1n) is 8.08. The predicted octanol–water partition coefficient (Wildman–Crippen LogP) is 4.42. The lowest BCUT2D eigenvalue weighted by molar-refractivity contribution is 0.125. The number of fused-ring (bicyclic) bond motifs is 2. The van der Waals surface area contributed by atoms with Gasteiger partial charge >= 0.3 is 0 Å². The average Bonchev–Trinajstić information content (AvgIpc) is 3.08. The van der Waals surface area contributed by atoms with E-state index in [0.717, 1.165) is 30.1 Å². The van der Waals surface area contributed by atoms with Gasteiger partial charge in [-0.05, 0) is 73.3 Å². The van der Waals surface area contributed by atoms with Gasteiger partial charge in [0.15, 0.2) is 0 Å². The Morgan fingerprint density at radius 2 is 1.89 bits per heavy atom. The van der Waals surface area contributed by atoms with Crippen molar-refractivity contribution in [1.82, 2.24) is 0 Å². The van der Waals surface area contributed by atoms with E-state index >= 15 is 0 Å². The van der Waals surface area contributed by atoms with Crippen LogP contribution in [0, 0.1) is 17.8 Å². The van der Waals surface area contributed by atoms with Crippen molar-refractivity contribution in [2.45, 2.75) is 57.0 Å². The minimum atomic E-state index is -0.221. The molecule has 4 rings (SSSR count). The Morgan fingerprint density at radius 1 is 1.05 bits per heavy atom. The van der Waals surface area contributed by atoms with Crippen LogP contribution in [0.2, 0.25) is 0 Å². The van der Waals surface area contributed by atoms with Gasteiger partial charge in [0.25, 0.3) is 0 Å². The summed E-state index contributed by atoms with van der Waals surface area (Å²) in [5, 5.41) is 10.7. The van der Waals surface area contributed by atoms with E-state index in [1.54, 1.807) is 0 Å². The van der Waals surface area contributed by atoms with E-state index < -0.39 is 0 Å². The molecule has 3 aliphatic rings. The fraction of sp³-hybridized carbons (Fsp3) is 0.667. The Labute approximate surface area is 116 Å². The molecule has 1 N–H and O–H groups in total. The Bertz CT molecular complexity index is 463. The molecule has 0 aromatic heterocycles. The van der Waals surface area contributed by atoms with Crippen LogP contribution >= 0.6 is 0 Å². The molecular formula is C18H24O. The van der Waals surface area contributed by atoms with Crippen LogP contribution in [0.4, 0.5) is 0 Å². The summed E-state index contributed by atoms with van der Waals surface area (Å²) in [4.78, 5) is 0. The molecule has 0 radical (unpaired) electrons. The second-order valence-corrected chi connectivity index (χ2v) is 7.09. The van der Waals surface area contributed by atoms with Crippen LogP contribution in [-0.4, -0.2) is 5.11 Å². The molecule has 1 aromatic rings. The fourth-order valence-electron chi connectivity index (χ4n) is 4.66. The standard InChI is InChI=1S/C18H24O/c19-18(11-15-10-12-5-6-14(15)9-12)17-4-2-1-3-16(17)13-7-8-13/h1-4,12-15,18-19H,5-11H2. The van der Waals surface area contributed by atoms with Gasteiger partial charge in [-0.25, -0.2) is 0 Å². The maximum atomic E-state index is 10.7. The monoisotopic (exact) mass is 256 g/mol. The van der Waals surface area contributed by atoms with Gasteiger partial charge in [-0.15, -0.1) is 0 Å². The topological polar surface area (TPSA) is 20.2 Å². The van der Waals surface area contributed by atoms with Crippen LogP contribution in [-0.2, 0) is 0 Å². The zero-order valence-corrected chi connectivity index (χ0v) is 11.6. The Hall–Kier alpha value is -0.820. The number of benzene rings is 1. The van der Waals surface area contributed by atoms with Gasteiger partial charge in [0.1, 0.15) is 0 Å². The molecule has 19 heavy (non-hydrogen) atoms. The van der Waals surface area contributed by atoms with Crippen molar-refractivity contribution in [2.75, 3.05) is 0 Å². The summed E-state index contributed by atoms with van der Waals surface area (Å²) in [5.74, 6) is 3.44. The molecule has 0 saturated heterocycles. The fourth-order valence-corrected chi connectivity index (χ4v) is 4.66. The molecule has 0 amide bonds. The molecule has 2 bridgehead atoms. The highest BCUT2D eigenvalue weighted by atomic mass is 16.3. The molecular weight excluding hydrogens is 232 g/mol. The number of hydrogen-bond donors (Lipinski definition) is 1. The molecule has 3 fully saturated rings. The lowest BCUT2D eigenvalue weighted by atomic mass is 9.82. The summed E-state index contributed by atoms with van der Waals surface area (Å²) in [6, 6.07) is 8.61. The molecule has 3 saturated carbocycles. The highest BCUT2D eigenvalue weighted by Crippen LogP contribution is 2.51. The summed E-state index contributed by atoms with van der Waals surface area (Å²) in [5.41, 5.74) is 2.66. The molecule has 0 spiro atoms. The van der Waals surface area contributed by atoms with Crippen molar-refractivity contribution >= 4 is 0 Å². The van der Waals surface area contributed by atoms with Crippen molar-refractivity contribution in [3.63, 3.8) is 0 Å². The summed E-state index contributed by atoms with van der Waals surface area (Å²) in [6.45, 7) is 0. The minimum Gasteiger partial charge on any atom is -0.388 e. The number of aliphatic hydroxyl groups is 1. The van der Waals surface area contributed by atoms with Crippen LogP contribution in [0.15, 0.2) is 24.3 Å². The van der Waals surface area contributed by atoms with Crippen molar-refractivity contribution in [3.8, 4) is 0 Å². The Kier molecular flexibility index (Phi) is 2.91. The summed E-state index contributed by atoms with van der Waals surface area (Å²) in [6.07, 6.45) is 9.12. The van der Waals surface area contributed by atoms with Crippen LogP contribution in [0.25, 0.3) is 0 Å². The highest BCUT2D eigenvalue weighted by molar-refractivity contribution is 5.34. The summed E-state index contributed by atoms with van der Waals surface area (Å²) < 4.78 is 0. The van der Waals surface area contributed by atoms with E-state index in [-0.39, 0.29) is 6.10 Å². The smallest absolute Gasteiger partial charge is 0.0795 e. The second-order valence-electron chi connectivity index (χ2n) is 7.09. The van der Waals surface area contributed by atoms with E-state index in [1.165, 1.54) is 49.7 Å². The lowest BCUT2D eigenvalue weighted by Crippen LogP contribution is -2.15. The van der Waals surface area contributed by atoms with Crippen molar-refractivity contribution < 1.29 is 5.11 Å². The number of hydrogen-bond acceptors (Lipinski definition) is 1. The highest BCUT2D eigenvalue weighted by Gasteiger charge is 2.40. The van der Waals surface area contributed by atoms with Gasteiger partial charge in [0.2, 0.25) is 0 Å². The van der Waals surface area contributed by atoms with Gasteiger partial charge in [0, 0.05) is 0 Å². The van der Waals surface area contributed by atoms with Crippen molar-refractivity contribution in [2.24, 2.45) is 17.8 Å². The maximum Gasteiger partial charge on any atom is 0.0795 e. The minimum absolute atomic E-state index is 0.221. The van der Waals surface area contributed by atoms with E-state index in [4.69, 9.17) is 0 Å².